The molecule has 0 unspecified atom stereocenters. The number of carbonyl (C=O) groups is 1. The smallest absolute Gasteiger partial charge is 0.337 e. The van der Waals surface area contributed by atoms with Crippen LogP contribution in [0.15, 0.2) is 35.4 Å². The molecule has 0 saturated heterocycles. The van der Waals surface area contributed by atoms with Crippen molar-refractivity contribution in [2.45, 2.75) is 4.90 Å². The predicted octanol–water partition coefficient (Wildman–Crippen LogP) is 0.580. The van der Waals surface area contributed by atoms with Gasteiger partial charge in [-0.3, -0.25) is 4.98 Å². The average molecular weight is 252 g/mol. The van der Waals surface area contributed by atoms with Crippen molar-refractivity contribution in [1.29, 1.82) is 0 Å². The Morgan fingerprint density at radius 1 is 1.35 bits per heavy atom. The first-order chi connectivity index (χ1) is 7.89. The summed E-state index contributed by atoms with van der Waals surface area (Å²) in [4.78, 5) is 14.5. The molecule has 1 aromatic carbocycles. The van der Waals surface area contributed by atoms with Crippen molar-refractivity contribution in [3.8, 4) is 0 Å². The lowest BCUT2D eigenvalue weighted by atomic mass is 10.1. The van der Waals surface area contributed by atoms with Crippen molar-refractivity contribution in [3.63, 3.8) is 0 Å². The van der Waals surface area contributed by atoms with Crippen LogP contribution >= 0.6 is 0 Å². The normalized spacial score (nSPS) is 11.6. The first-order valence-electron chi connectivity index (χ1n) is 4.54. The number of hydrogen-bond donors (Lipinski definition) is 2. The Kier molecular flexibility index (Phi) is 2.56. The average Bonchev–Trinajstić information content (AvgIpc) is 2.26. The number of pyridine rings is 1. The molecule has 6 nitrogen and oxygen atoms in total. The molecule has 0 aliphatic rings. The minimum Gasteiger partial charge on any atom is -0.478 e. The second-order valence-corrected chi connectivity index (χ2v) is 4.93. The van der Waals surface area contributed by atoms with Crippen LogP contribution in [0.3, 0.4) is 0 Å². The first kappa shape index (κ1) is 11.5. The van der Waals surface area contributed by atoms with Gasteiger partial charge in [-0.1, -0.05) is 12.1 Å². The minimum atomic E-state index is -3.87. The molecule has 0 bridgehead atoms. The molecule has 0 aliphatic heterocycles. The summed E-state index contributed by atoms with van der Waals surface area (Å²) >= 11 is 0. The molecular formula is C10H8N2O4S. The van der Waals surface area contributed by atoms with Gasteiger partial charge in [-0.05, 0) is 12.1 Å². The molecule has 3 N–H and O–H groups in total. The van der Waals surface area contributed by atoms with Crippen molar-refractivity contribution in [1.82, 2.24) is 4.98 Å². The third-order valence-electron chi connectivity index (χ3n) is 2.23. The van der Waals surface area contributed by atoms with Gasteiger partial charge in [0.1, 0.15) is 4.90 Å². The highest BCUT2D eigenvalue weighted by Gasteiger charge is 2.14. The van der Waals surface area contributed by atoms with Crippen molar-refractivity contribution in [2.75, 3.05) is 0 Å². The molecule has 0 radical (unpaired) electrons. The number of carboxylic acids is 1. The standard InChI is InChI=1S/C10H8N2O4S/c11-17(15,16)8-3-1-2-6-4-7(10(13)14)5-12-9(6)8/h1-5H,(H,13,14)(H2,11,15,16). The van der Waals surface area contributed by atoms with E-state index >= 15 is 0 Å². The molecule has 0 amide bonds. The van der Waals surface area contributed by atoms with Gasteiger partial charge in [0.05, 0.1) is 11.1 Å². The Hall–Kier alpha value is -1.99. The molecule has 2 aromatic rings. The molecular weight excluding hydrogens is 244 g/mol. The maximum atomic E-state index is 11.3. The van der Waals surface area contributed by atoms with Gasteiger partial charge in [0.15, 0.2) is 0 Å². The Bertz CT molecular complexity index is 709. The molecule has 0 spiro atoms. The zero-order chi connectivity index (χ0) is 12.6. The Labute approximate surface area is 96.8 Å². The van der Waals surface area contributed by atoms with Crippen LogP contribution in [0.2, 0.25) is 0 Å². The largest absolute Gasteiger partial charge is 0.478 e. The number of fused-ring (bicyclic) bond motifs is 1. The highest BCUT2D eigenvalue weighted by molar-refractivity contribution is 7.89. The van der Waals surface area contributed by atoms with E-state index in [9.17, 15) is 13.2 Å². The van der Waals surface area contributed by atoms with E-state index in [-0.39, 0.29) is 16.0 Å². The van der Waals surface area contributed by atoms with Crippen LogP contribution in [-0.4, -0.2) is 24.5 Å². The molecule has 0 atom stereocenters. The van der Waals surface area contributed by atoms with Gasteiger partial charge in [0, 0.05) is 11.6 Å². The number of rotatable bonds is 2. The summed E-state index contributed by atoms with van der Waals surface area (Å²) in [5.41, 5.74) is 0.157. The lowest BCUT2D eigenvalue weighted by Crippen LogP contribution is -2.13. The number of nitrogens with zero attached hydrogens (tertiary/aromatic N) is 1. The van der Waals surface area contributed by atoms with Gasteiger partial charge in [-0.2, -0.15) is 0 Å². The summed E-state index contributed by atoms with van der Waals surface area (Å²) in [7, 11) is -3.87. The summed E-state index contributed by atoms with van der Waals surface area (Å²) in [6.45, 7) is 0. The Balaban J connectivity index is 2.81. The van der Waals surface area contributed by atoms with E-state index in [4.69, 9.17) is 10.2 Å². The van der Waals surface area contributed by atoms with Crippen molar-refractivity contribution >= 4 is 26.9 Å². The Morgan fingerprint density at radius 3 is 2.65 bits per heavy atom. The number of aromatic carboxylic acids is 1. The van der Waals surface area contributed by atoms with E-state index in [2.05, 4.69) is 4.98 Å². The van der Waals surface area contributed by atoms with Crippen molar-refractivity contribution in [2.24, 2.45) is 5.14 Å². The monoisotopic (exact) mass is 252 g/mol. The van der Waals surface area contributed by atoms with Crippen LogP contribution in [-0.2, 0) is 10.0 Å². The third-order valence-corrected chi connectivity index (χ3v) is 3.17. The zero-order valence-electron chi connectivity index (χ0n) is 8.49. The fraction of sp³-hybridized carbons (Fsp3) is 0. The van der Waals surface area contributed by atoms with Crippen molar-refractivity contribution < 1.29 is 18.3 Å². The van der Waals surface area contributed by atoms with E-state index in [1.807, 2.05) is 0 Å². The molecule has 1 heterocycles. The highest BCUT2D eigenvalue weighted by atomic mass is 32.2. The number of para-hydroxylation sites is 1. The highest BCUT2D eigenvalue weighted by Crippen LogP contribution is 2.20. The van der Waals surface area contributed by atoms with Gasteiger partial charge in [0.25, 0.3) is 0 Å². The first-order valence-corrected chi connectivity index (χ1v) is 6.09. The lowest BCUT2D eigenvalue weighted by Gasteiger charge is -2.03. The number of carboxylic acid groups (broad SMARTS) is 1. The second-order valence-electron chi connectivity index (χ2n) is 3.40. The van der Waals surface area contributed by atoms with E-state index in [1.54, 1.807) is 6.07 Å². The van der Waals surface area contributed by atoms with E-state index in [1.165, 1.54) is 18.2 Å². The van der Waals surface area contributed by atoms with Crippen LogP contribution in [0, 0.1) is 0 Å². The number of primary sulfonamides is 1. The zero-order valence-corrected chi connectivity index (χ0v) is 9.31. The summed E-state index contributed by atoms with van der Waals surface area (Å²) in [6, 6.07) is 5.73. The van der Waals surface area contributed by atoms with E-state index in [0.29, 0.717) is 5.39 Å². The van der Waals surface area contributed by atoms with E-state index in [0.717, 1.165) is 6.20 Å². The van der Waals surface area contributed by atoms with Crippen LogP contribution in [0.25, 0.3) is 10.9 Å². The van der Waals surface area contributed by atoms with Gasteiger partial charge in [-0.15, -0.1) is 0 Å². The van der Waals surface area contributed by atoms with Crippen LogP contribution in [0.4, 0.5) is 0 Å². The fourth-order valence-electron chi connectivity index (χ4n) is 1.48. The van der Waals surface area contributed by atoms with Crippen molar-refractivity contribution in [3.05, 3.63) is 36.0 Å². The molecule has 0 fully saturated rings. The van der Waals surface area contributed by atoms with Gasteiger partial charge >= 0.3 is 5.97 Å². The second kappa shape index (κ2) is 3.79. The molecule has 17 heavy (non-hydrogen) atoms. The summed E-state index contributed by atoms with van der Waals surface area (Å²) in [5.74, 6) is -1.12. The molecule has 0 saturated carbocycles. The topological polar surface area (TPSA) is 110 Å². The van der Waals surface area contributed by atoms with Crippen LogP contribution in [0.1, 0.15) is 10.4 Å². The fourth-order valence-corrected chi connectivity index (χ4v) is 2.19. The van der Waals surface area contributed by atoms with E-state index < -0.39 is 16.0 Å². The number of sulfonamides is 1. The SMILES string of the molecule is NS(=O)(=O)c1cccc2cc(C(=O)O)cnc12. The summed E-state index contributed by atoms with van der Waals surface area (Å²) in [5, 5.41) is 14.2. The lowest BCUT2D eigenvalue weighted by molar-refractivity contribution is 0.0696. The number of nitrogens with two attached hydrogens (primary N) is 1. The maximum Gasteiger partial charge on any atom is 0.337 e. The number of aromatic nitrogens is 1. The number of hydrogen-bond acceptors (Lipinski definition) is 4. The molecule has 7 heteroatoms. The Morgan fingerprint density at radius 2 is 2.06 bits per heavy atom. The maximum absolute atomic E-state index is 11.3. The quantitative estimate of drug-likeness (QED) is 0.812. The molecule has 88 valence electrons. The molecule has 2 rings (SSSR count). The predicted molar refractivity (Wildman–Crippen MR) is 60.1 cm³/mol. The van der Waals surface area contributed by atoms with Gasteiger partial charge in [-0.25, -0.2) is 18.4 Å². The van der Waals surface area contributed by atoms with Crippen LogP contribution < -0.4 is 5.14 Å². The summed E-state index contributed by atoms with van der Waals surface area (Å²) < 4.78 is 22.6. The third kappa shape index (κ3) is 2.10. The van der Waals surface area contributed by atoms with Crippen LogP contribution in [0.5, 0.6) is 0 Å². The minimum absolute atomic E-state index is 0.0101. The molecule has 1 aromatic heterocycles. The summed E-state index contributed by atoms with van der Waals surface area (Å²) in [6.07, 6.45) is 1.10. The molecule has 0 aliphatic carbocycles. The van der Waals surface area contributed by atoms with Gasteiger partial charge < -0.3 is 5.11 Å². The van der Waals surface area contributed by atoms with Gasteiger partial charge in [0.2, 0.25) is 10.0 Å². The number of benzene rings is 1.